The normalized spacial score (nSPS) is 16.1. The first kappa shape index (κ1) is 19.3. The van der Waals surface area contributed by atoms with Crippen molar-refractivity contribution in [3.8, 4) is 11.3 Å². The van der Waals surface area contributed by atoms with Crippen LogP contribution in [-0.2, 0) is 10.0 Å². The fourth-order valence-corrected chi connectivity index (χ4v) is 4.10. The van der Waals surface area contributed by atoms with Gasteiger partial charge < -0.3 is 4.90 Å². The topological polar surface area (TPSA) is 75.2 Å². The highest BCUT2D eigenvalue weighted by atomic mass is 35.5. The average Bonchev–Trinajstić information content (AvgIpc) is 2.55. The lowest BCUT2D eigenvalue weighted by Crippen LogP contribution is -2.44. The summed E-state index contributed by atoms with van der Waals surface area (Å²) in [5.41, 5.74) is 0.541. The van der Waals surface area contributed by atoms with E-state index in [0.717, 1.165) is 6.26 Å². The van der Waals surface area contributed by atoms with Gasteiger partial charge in [0, 0.05) is 37.1 Å². The Hall–Kier alpha value is -1.48. The second-order valence-corrected chi connectivity index (χ2v) is 8.78. The van der Waals surface area contributed by atoms with Crippen LogP contribution in [0.4, 0.5) is 10.2 Å². The van der Waals surface area contributed by atoms with Crippen molar-refractivity contribution < 1.29 is 12.8 Å². The van der Waals surface area contributed by atoms with Gasteiger partial charge in [0.05, 0.1) is 16.3 Å². The number of pyridine rings is 2. The monoisotopic (exact) mass is 418 g/mol. The quantitative estimate of drug-likeness (QED) is 0.825. The van der Waals surface area contributed by atoms with Crippen LogP contribution in [0.3, 0.4) is 0 Å². The van der Waals surface area contributed by atoms with Crippen LogP contribution in [0.15, 0.2) is 24.5 Å². The Morgan fingerprint density at radius 3 is 2.50 bits per heavy atom. The highest BCUT2D eigenvalue weighted by Crippen LogP contribution is 2.32. The molecule has 3 rings (SSSR count). The van der Waals surface area contributed by atoms with E-state index >= 15 is 0 Å². The summed E-state index contributed by atoms with van der Waals surface area (Å²) >= 11 is 11.9. The van der Waals surface area contributed by atoms with Crippen molar-refractivity contribution in [2.75, 3.05) is 24.2 Å². The molecule has 1 aliphatic rings. The minimum atomic E-state index is -3.22. The predicted molar refractivity (Wildman–Crippen MR) is 101 cm³/mol. The second kappa shape index (κ2) is 7.64. The van der Waals surface area contributed by atoms with E-state index in [1.54, 1.807) is 6.07 Å². The number of halogens is 3. The van der Waals surface area contributed by atoms with Crippen molar-refractivity contribution in [3.63, 3.8) is 0 Å². The van der Waals surface area contributed by atoms with Crippen molar-refractivity contribution in [2.45, 2.75) is 18.9 Å². The molecular weight excluding hydrogens is 402 g/mol. The van der Waals surface area contributed by atoms with Gasteiger partial charge >= 0.3 is 0 Å². The van der Waals surface area contributed by atoms with Crippen molar-refractivity contribution in [2.24, 2.45) is 0 Å². The molecule has 0 aliphatic carbocycles. The molecule has 0 unspecified atom stereocenters. The van der Waals surface area contributed by atoms with Gasteiger partial charge in [-0.2, -0.15) is 0 Å². The molecule has 1 aliphatic heterocycles. The van der Waals surface area contributed by atoms with E-state index in [2.05, 4.69) is 14.7 Å². The Morgan fingerprint density at radius 2 is 1.88 bits per heavy atom. The molecule has 0 aromatic carbocycles. The van der Waals surface area contributed by atoms with E-state index in [1.165, 1.54) is 18.5 Å². The van der Waals surface area contributed by atoms with Crippen LogP contribution in [0, 0.1) is 5.82 Å². The number of hydrogen-bond donors (Lipinski definition) is 1. The number of anilines is 1. The Balaban J connectivity index is 1.80. The van der Waals surface area contributed by atoms with Crippen LogP contribution in [0.25, 0.3) is 11.3 Å². The lowest BCUT2D eigenvalue weighted by atomic mass is 10.1. The molecular formula is C16H17Cl2FN4O2S. The van der Waals surface area contributed by atoms with Crippen LogP contribution < -0.4 is 9.62 Å². The summed E-state index contributed by atoms with van der Waals surface area (Å²) in [5.74, 6) is 0.0750. The summed E-state index contributed by atoms with van der Waals surface area (Å²) in [6.45, 7) is 1.25. The highest BCUT2D eigenvalue weighted by molar-refractivity contribution is 7.88. The standard InChI is InChI=1S/C16H17Cl2FN4O2S/c1-26(24,25)22-11-2-4-23(5-3-11)15-7-12(13(18)9-20-15)16-14(19)6-10(17)8-21-16/h6-9,11,22H,2-5H2,1H3. The Labute approximate surface area is 161 Å². The second-order valence-electron chi connectivity index (χ2n) is 6.16. The summed E-state index contributed by atoms with van der Waals surface area (Å²) in [6, 6.07) is 2.78. The smallest absolute Gasteiger partial charge is 0.208 e. The van der Waals surface area contributed by atoms with Gasteiger partial charge in [-0.25, -0.2) is 22.5 Å². The van der Waals surface area contributed by atoms with Gasteiger partial charge in [-0.1, -0.05) is 23.2 Å². The molecule has 10 heteroatoms. The first-order chi connectivity index (χ1) is 12.2. The van der Waals surface area contributed by atoms with Crippen LogP contribution in [0.5, 0.6) is 0 Å². The maximum atomic E-state index is 14.2. The number of piperidine rings is 1. The molecule has 2 aromatic rings. The molecule has 26 heavy (non-hydrogen) atoms. The third-order valence-electron chi connectivity index (χ3n) is 4.10. The molecule has 0 saturated carbocycles. The van der Waals surface area contributed by atoms with Gasteiger partial charge in [0.2, 0.25) is 10.0 Å². The van der Waals surface area contributed by atoms with Gasteiger partial charge in [-0.15, -0.1) is 0 Å². The molecule has 1 fully saturated rings. The van der Waals surface area contributed by atoms with E-state index in [-0.39, 0.29) is 21.8 Å². The van der Waals surface area contributed by atoms with Gasteiger partial charge in [0.1, 0.15) is 11.5 Å². The van der Waals surface area contributed by atoms with E-state index in [9.17, 15) is 12.8 Å². The first-order valence-corrected chi connectivity index (χ1v) is 10.6. The first-order valence-electron chi connectivity index (χ1n) is 7.92. The Morgan fingerprint density at radius 1 is 1.19 bits per heavy atom. The Bertz CT molecular complexity index is 918. The fraction of sp³-hybridized carbons (Fsp3) is 0.375. The molecule has 140 valence electrons. The Kier molecular flexibility index (Phi) is 5.67. The number of nitrogens with one attached hydrogen (secondary N) is 1. The number of sulfonamides is 1. The SMILES string of the molecule is CS(=O)(=O)NC1CCN(c2cc(-c3ncc(Cl)cc3F)c(Cl)cn2)CC1. The van der Waals surface area contributed by atoms with Gasteiger partial charge in [0.25, 0.3) is 0 Å². The number of nitrogens with zero attached hydrogens (tertiary/aromatic N) is 3. The minimum absolute atomic E-state index is 0.0941. The van der Waals surface area contributed by atoms with E-state index in [4.69, 9.17) is 23.2 Å². The van der Waals surface area contributed by atoms with E-state index < -0.39 is 15.8 Å². The largest absolute Gasteiger partial charge is 0.356 e. The van der Waals surface area contributed by atoms with Crippen LogP contribution in [-0.4, -0.2) is 43.8 Å². The van der Waals surface area contributed by atoms with Crippen LogP contribution in [0.2, 0.25) is 10.0 Å². The zero-order chi connectivity index (χ0) is 18.9. The summed E-state index contributed by atoms with van der Waals surface area (Å²) < 4.78 is 39.5. The third-order valence-corrected chi connectivity index (χ3v) is 5.37. The lowest BCUT2D eigenvalue weighted by Gasteiger charge is -2.33. The molecule has 0 amide bonds. The van der Waals surface area contributed by atoms with Crippen LogP contribution >= 0.6 is 23.2 Å². The molecule has 0 spiro atoms. The van der Waals surface area contributed by atoms with E-state index in [0.29, 0.717) is 37.3 Å². The zero-order valence-electron chi connectivity index (χ0n) is 13.9. The number of rotatable bonds is 4. The van der Waals surface area contributed by atoms with Crippen LogP contribution in [0.1, 0.15) is 12.8 Å². The molecule has 1 N–H and O–H groups in total. The summed E-state index contributed by atoms with van der Waals surface area (Å²) in [4.78, 5) is 10.4. The lowest BCUT2D eigenvalue weighted by molar-refractivity contribution is 0.460. The zero-order valence-corrected chi connectivity index (χ0v) is 16.2. The molecule has 2 aromatic heterocycles. The average molecular weight is 419 g/mol. The third kappa shape index (κ3) is 4.62. The highest BCUT2D eigenvalue weighted by Gasteiger charge is 2.23. The number of hydrogen-bond acceptors (Lipinski definition) is 5. The molecule has 0 radical (unpaired) electrons. The summed E-state index contributed by atoms with van der Waals surface area (Å²) in [7, 11) is -3.22. The van der Waals surface area contributed by atoms with E-state index in [1.807, 2.05) is 4.90 Å². The van der Waals surface area contributed by atoms with Gasteiger partial charge in [-0.05, 0) is 25.0 Å². The van der Waals surface area contributed by atoms with Gasteiger partial charge in [0.15, 0.2) is 5.82 Å². The molecule has 0 bridgehead atoms. The summed E-state index contributed by atoms with van der Waals surface area (Å²) in [6.07, 6.45) is 5.28. The molecule has 0 atom stereocenters. The molecule has 6 nitrogen and oxygen atoms in total. The van der Waals surface area contributed by atoms with Crippen molar-refractivity contribution >= 4 is 39.0 Å². The maximum Gasteiger partial charge on any atom is 0.208 e. The van der Waals surface area contributed by atoms with Crippen molar-refractivity contribution in [1.82, 2.24) is 14.7 Å². The maximum absolute atomic E-state index is 14.2. The predicted octanol–water partition coefficient (Wildman–Crippen LogP) is 3.11. The summed E-state index contributed by atoms with van der Waals surface area (Å²) in [5, 5.41) is 0.494. The minimum Gasteiger partial charge on any atom is -0.356 e. The molecule has 1 saturated heterocycles. The molecule has 3 heterocycles. The number of aromatic nitrogens is 2. The van der Waals surface area contributed by atoms with Crippen molar-refractivity contribution in [3.05, 3.63) is 40.4 Å². The van der Waals surface area contributed by atoms with Crippen molar-refractivity contribution in [1.29, 1.82) is 0 Å². The van der Waals surface area contributed by atoms with Gasteiger partial charge in [-0.3, -0.25) is 4.98 Å². The fourth-order valence-electron chi connectivity index (χ4n) is 2.92.